The normalized spacial score (nSPS) is 12.6. The Balaban J connectivity index is 2.13. The molecule has 4 nitrogen and oxygen atoms in total. The van der Waals surface area contributed by atoms with Crippen LogP contribution in [-0.4, -0.2) is 22.1 Å². The largest absolute Gasteiger partial charge is 0.480 e. The van der Waals surface area contributed by atoms with E-state index in [1.54, 1.807) is 6.92 Å². The van der Waals surface area contributed by atoms with E-state index in [2.05, 4.69) is 10.3 Å². The van der Waals surface area contributed by atoms with E-state index >= 15 is 0 Å². The Bertz CT molecular complexity index is 760. The predicted molar refractivity (Wildman–Crippen MR) is 83.2 cm³/mol. The van der Waals surface area contributed by atoms with Crippen molar-refractivity contribution in [1.29, 1.82) is 0 Å². The molecule has 3 rings (SSSR count). The van der Waals surface area contributed by atoms with E-state index < -0.39 is 12.0 Å². The Hall–Kier alpha value is -2.46. The van der Waals surface area contributed by atoms with E-state index in [1.807, 2.05) is 48.5 Å². The van der Waals surface area contributed by atoms with Crippen molar-refractivity contribution in [3.63, 3.8) is 0 Å². The van der Waals surface area contributed by atoms with Crippen LogP contribution in [0.25, 0.3) is 21.8 Å². The standard InChI is InChI=1S/C17H16N2O2/c1-11(17(20)21)18-10-14-12-6-2-4-8-15(12)19-16-9-5-3-7-13(14)16/h2-9,11,18H,10H2,1H3,(H,20,21). The first-order chi connectivity index (χ1) is 10.2. The second-order valence-corrected chi connectivity index (χ2v) is 5.07. The third kappa shape index (κ3) is 2.58. The van der Waals surface area contributed by atoms with Crippen LogP contribution in [0.5, 0.6) is 0 Å². The van der Waals surface area contributed by atoms with Gasteiger partial charge in [-0.25, -0.2) is 4.98 Å². The van der Waals surface area contributed by atoms with E-state index in [0.29, 0.717) is 6.54 Å². The highest BCUT2D eigenvalue weighted by molar-refractivity contribution is 5.97. The van der Waals surface area contributed by atoms with Crippen LogP contribution in [0.2, 0.25) is 0 Å². The monoisotopic (exact) mass is 280 g/mol. The number of aliphatic carboxylic acids is 1. The maximum Gasteiger partial charge on any atom is 0.320 e. The summed E-state index contributed by atoms with van der Waals surface area (Å²) >= 11 is 0. The van der Waals surface area contributed by atoms with Gasteiger partial charge in [0.15, 0.2) is 0 Å². The number of carboxylic acid groups (broad SMARTS) is 1. The van der Waals surface area contributed by atoms with Gasteiger partial charge in [-0.2, -0.15) is 0 Å². The lowest BCUT2D eigenvalue weighted by Crippen LogP contribution is -2.33. The number of hydrogen-bond acceptors (Lipinski definition) is 3. The van der Waals surface area contributed by atoms with Gasteiger partial charge in [-0.1, -0.05) is 36.4 Å². The molecule has 3 aromatic rings. The van der Waals surface area contributed by atoms with Gasteiger partial charge in [-0.05, 0) is 24.6 Å². The minimum Gasteiger partial charge on any atom is -0.480 e. The number of para-hydroxylation sites is 2. The molecule has 0 saturated carbocycles. The van der Waals surface area contributed by atoms with Gasteiger partial charge in [0.05, 0.1) is 11.0 Å². The number of rotatable bonds is 4. The number of carbonyl (C=O) groups is 1. The topological polar surface area (TPSA) is 62.2 Å². The van der Waals surface area contributed by atoms with Crippen molar-refractivity contribution in [3.05, 3.63) is 54.1 Å². The summed E-state index contributed by atoms with van der Waals surface area (Å²) in [6.45, 7) is 2.14. The van der Waals surface area contributed by atoms with E-state index in [4.69, 9.17) is 5.11 Å². The number of benzene rings is 2. The van der Waals surface area contributed by atoms with Gasteiger partial charge in [0.25, 0.3) is 0 Å². The van der Waals surface area contributed by atoms with Crippen molar-refractivity contribution in [3.8, 4) is 0 Å². The molecule has 0 saturated heterocycles. The van der Waals surface area contributed by atoms with Gasteiger partial charge in [-0.3, -0.25) is 4.79 Å². The third-order valence-electron chi connectivity index (χ3n) is 3.65. The first kappa shape index (κ1) is 13.5. The molecule has 106 valence electrons. The maximum atomic E-state index is 11.0. The summed E-state index contributed by atoms with van der Waals surface area (Å²) in [6.07, 6.45) is 0. The zero-order valence-electron chi connectivity index (χ0n) is 11.7. The summed E-state index contributed by atoms with van der Waals surface area (Å²) in [5, 5.41) is 14.2. The third-order valence-corrected chi connectivity index (χ3v) is 3.65. The summed E-state index contributed by atoms with van der Waals surface area (Å²) in [5.41, 5.74) is 2.94. The highest BCUT2D eigenvalue weighted by atomic mass is 16.4. The molecular weight excluding hydrogens is 264 g/mol. The molecule has 0 aliphatic rings. The van der Waals surface area contributed by atoms with Gasteiger partial charge in [-0.15, -0.1) is 0 Å². The van der Waals surface area contributed by atoms with Gasteiger partial charge >= 0.3 is 5.97 Å². The van der Waals surface area contributed by atoms with Crippen LogP contribution < -0.4 is 5.32 Å². The molecule has 0 fully saturated rings. The van der Waals surface area contributed by atoms with E-state index in [1.165, 1.54) is 0 Å². The van der Waals surface area contributed by atoms with Crippen molar-refractivity contribution in [2.24, 2.45) is 0 Å². The van der Waals surface area contributed by atoms with Crippen LogP contribution in [-0.2, 0) is 11.3 Å². The fourth-order valence-corrected chi connectivity index (χ4v) is 2.46. The number of hydrogen-bond donors (Lipinski definition) is 2. The fourth-order valence-electron chi connectivity index (χ4n) is 2.46. The SMILES string of the molecule is CC(NCc1c2ccccc2nc2ccccc12)C(=O)O. The summed E-state index contributed by atoms with van der Waals surface area (Å²) in [5.74, 6) is -0.849. The molecule has 21 heavy (non-hydrogen) atoms. The van der Waals surface area contributed by atoms with E-state index in [9.17, 15) is 4.79 Å². The van der Waals surface area contributed by atoms with Gasteiger partial charge in [0.2, 0.25) is 0 Å². The zero-order chi connectivity index (χ0) is 14.8. The first-order valence-electron chi connectivity index (χ1n) is 6.89. The smallest absolute Gasteiger partial charge is 0.320 e. The Morgan fingerprint density at radius 2 is 1.62 bits per heavy atom. The molecule has 1 aromatic heterocycles. The molecule has 0 aliphatic carbocycles. The number of pyridine rings is 1. The molecule has 0 spiro atoms. The van der Waals surface area contributed by atoms with E-state index in [-0.39, 0.29) is 0 Å². The highest BCUT2D eigenvalue weighted by Gasteiger charge is 2.13. The van der Waals surface area contributed by atoms with Crippen LogP contribution in [0.4, 0.5) is 0 Å². The second-order valence-electron chi connectivity index (χ2n) is 5.07. The molecule has 2 N–H and O–H groups in total. The molecule has 0 radical (unpaired) electrons. The molecule has 1 atom stereocenters. The van der Waals surface area contributed by atoms with Crippen molar-refractivity contribution in [2.75, 3.05) is 0 Å². The van der Waals surface area contributed by atoms with Crippen LogP contribution in [0.3, 0.4) is 0 Å². The number of fused-ring (bicyclic) bond motifs is 2. The van der Waals surface area contributed by atoms with Crippen molar-refractivity contribution in [2.45, 2.75) is 19.5 Å². The minimum absolute atomic E-state index is 0.497. The Morgan fingerprint density at radius 1 is 1.10 bits per heavy atom. The molecule has 4 heteroatoms. The van der Waals surface area contributed by atoms with Crippen LogP contribution in [0.1, 0.15) is 12.5 Å². The number of carboxylic acids is 1. The lowest BCUT2D eigenvalue weighted by molar-refractivity contribution is -0.139. The molecule has 1 heterocycles. The Labute approximate surface area is 122 Å². The molecule has 0 aliphatic heterocycles. The summed E-state index contributed by atoms with van der Waals surface area (Å²) in [6, 6.07) is 15.3. The minimum atomic E-state index is -0.849. The quantitative estimate of drug-likeness (QED) is 0.721. The molecule has 0 bridgehead atoms. The maximum absolute atomic E-state index is 11.0. The Kier molecular flexibility index (Phi) is 3.54. The molecule has 2 aromatic carbocycles. The zero-order valence-corrected chi connectivity index (χ0v) is 11.7. The second kappa shape index (κ2) is 5.50. The van der Waals surface area contributed by atoms with Gasteiger partial charge < -0.3 is 10.4 Å². The van der Waals surface area contributed by atoms with Gasteiger partial charge in [0, 0.05) is 17.3 Å². The molecular formula is C17H16N2O2. The average Bonchev–Trinajstić information content (AvgIpc) is 2.51. The number of nitrogens with one attached hydrogen (secondary N) is 1. The Morgan fingerprint density at radius 3 is 2.14 bits per heavy atom. The highest BCUT2D eigenvalue weighted by Crippen LogP contribution is 2.25. The fraction of sp³-hybridized carbons (Fsp3) is 0.176. The summed E-state index contributed by atoms with van der Waals surface area (Å²) in [7, 11) is 0. The predicted octanol–water partition coefficient (Wildman–Crippen LogP) is 2.95. The van der Waals surface area contributed by atoms with E-state index in [0.717, 1.165) is 27.4 Å². The molecule has 1 unspecified atom stereocenters. The first-order valence-corrected chi connectivity index (χ1v) is 6.89. The summed E-state index contributed by atoms with van der Waals surface area (Å²) in [4.78, 5) is 15.6. The van der Waals surface area contributed by atoms with Crippen LogP contribution in [0, 0.1) is 0 Å². The average molecular weight is 280 g/mol. The lowest BCUT2D eigenvalue weighted by Gasteiger charge is -2.13. The number of nitrogens with zero attached hydrogens (tertiary/aromatic N) is 1. The lowest BCUT2D eigenvalue weighted by atomic mass is 10.0. The van der Waals surface area contributed by atoms with Gasteiger partial charge in [0.1, 0.15) is 6.04 Å². The van der Waals surface area contributed by atoms with Crippen molar-refractivity contribution >= 4 is 27.8 Å². The summed E-state index contributed by atoms with van der Waals surface area (Å²) < 4.78 is 0. The van der Waals surface area contributed by atoms with Crippen molar-refractivity contribution < 1.29 is 9.90 Å². The number of aromatic nitrogens is 1. The van der Waals surface area contributed by atoms with Crippen LogP contribution in [0.15, 0.2) is 48.5 Å². The van der Waals surface area contributed by atoms with Crippen molar-refractivity contribution in [1.82, 2.24) is 10.3 Å². The molecule has 0 amide bonds. The van der Waals surface area contributed by atoms with Crippen LogP contribution >= 0.6 is 0 Å².